The minimum atomic E-state index is 0.540. The summed E-state index contributed by atoms with van der Waals surface area (Å²) < 4.78 is 0. The smallest absolute Gasteiger partial charge is 0.129 e. The largest absolute Gasteiger partial charge is 0.330 e. The fourth-order valence-electron chi connectivity index (χ4n) is 1.25. The van der Waals surface area contributed by atoms with Crippen LogP contribution in [0.15, 0.2) is 18.3 Å². The molecule has 3 nitrogen and oxygen atoms in total. The van der Waals surface area contributed by atoms with Gasteiger partial charge in [-0.1, -0.05) is 17.7 Å². The van der Waals surface area contributed by atoms with Gasteiger partial charge in [0.15, 0.2) is 0 Å². The predicted octanol–water partition coefficient (Wildman–Crippen LogP) is 1.52. The zero-order chi connectivity index (χ0) is 10.4. The Hall–Kier alpha value is -0.640. The van der Waals surface area contributed by atoms with Gasteiger partial charge in [0.05, 0.1) is 0 Å². The lowest BCUT2D eigenvalue weighted by Gasteiger charge is -2.15. The Labute approximate surface area is 89.9 Å². The molecule has 1 aromatic heterocycles. The number of nitrogens with zero attached hydrogens (tertiary/aromatic N) is 2. The van der Waals surface area contributed by atoms with Gasteiger partial charge in [-0.25, -0.2) is 4.98 Å². The molecule has 1 rings (SSSR count). The Morgan fingerprint density at radius 1 is 1.50 bits per heavy atom. The van der Waals surface area contributed by atoms with Crippen molar-refractivity contribution in [3.8, 4) is 0 Å². The van der Waals surface area contributed by atoms with E-state index >= 15 is 0 Å². The van der Waals surface area contributed by atoms with Crippen LogP contribution in [0.25, 0.3) is 0 Å². The summed E-state index contributed by atoms with van der Waals surface area (Å²) in [4.78, 5) is 6.25. The van der Waals surface area contributed by atoms with Crippen LogP contribution in [-0.4, -0.2) is 30.0 Å². The Kier molecular flexibility index (Phi) is 4.87. The molecule has 14 heavy (non-hydrogen) atoms. The maximum atomic E-state index is 5.69. The van der Waals surface area contributed by atoms with Gasteiger partial charge in [0.2, 0.25) is 0 Å². The minimum absolute atomic E-state index is 0.540. The second kappa shape index (κ2) is 5.96. The number of aromatic nitrogens is 1. The molecule has 0 aliphatic rings. The van der Waals surface area contributed by atoms with Crippen LogP contribution in [-0.2, 0) is 6.54 Å². The molecule has 0 bridgehead atoms. The van der Waals surface area contributed by atoms with Crippen molar-refractivity contribution in [3.63, 3.8) is 0 Å². The molecule has 0 saturated heterocycles. The summed E-state index contributed by atoms with van der Waals surface area (Å²) in [6.45, 7) is 2.65. The highest BCUT2D eigenvalue weighted by Gasteiger charge is 1.99. The van der Waals surface area contributed by atoms with Crippen LogP contribution >= 0.6 is 11.6 Å². The van der Waals surface area contributed by atoms with E-state index in [1.807, 2.05) is 12.1 Å². The minimum Gasteiger partial charge on any atom is -0.330 e. The third-order valence-corrected chi connectivity index (χ3v) is 2.21. The molecule has 0 saturated carbocycles. The molecule has 0 aromatic carbocycles. The van der Waals surface area contributed by atoms with Crippen molar-refractivity contribution in [1.82, 2.24) is 9.88 Å². The molecule has 0 unspecified atom stereocenters. The highest BCUT2D eigenvalue weighted by Crippen LogP contribution is 2.07. The summed E-state index contributed by atoms with van der Waals surface area (Å²) >= 11 is 5.69. The first-order valence-corrected chi connectivity index (χ1v) is 5.09. The summed E-state index contributed by atoms with van der Waals surface area (Å²) in [6.07, 6.45) is 2.83. The fraction of sp³-hybridized carbons (Fsp3) is 0.500. The highest BCUT2D eigenvalue weighted by atomic mass is 35.5. The molecule has 1 heterocycles. The van der Waals surface area contributed by atoms with E-state index in [1.165, 1.54) is 5.56 Å². The topological polar surface area (TPSA) is 42.1 Å². The molecular formula is C10H16ClN3. The summed E-state index contributed by atoms with van der Waals surface area (Å²) in [5.74, 6) is 0. The van der Waals surface area contributed by atoms with E-state index in [0.717, 1.165) is 26.1 Å². The fourth-order valence-corrected chi connectivity index (χ4v) is 1.36. The van der Waals surface area contributed by atoms with E-state index in [0.29, 0.717) is 5.15 Å². The molecule has 0 aliphatic carbocycles. The van der Waals surface area contributed by atoms with E-state index in [4.69, 9.17) is 17.3 Å². The molecule has 0 atom stereocenters. The van der Waals surface area contributed by atoms with Gasteiger partial charge >= 0.3 is 0 Å². The normalized spacial score (nSPS) is 10.9. The van der Waals surface area contributed by atoms with E-state index in [-0.39, 0.29) is 0 Å². The van der Waals surface area contributed by atoms with E-state index in [1.54, 1.807) is 6.20 Å². The van der Waals surface area contributed by atoms with Gasteiger partial charge in [0, 0.05) is 12.7 Å². The molecule has 0 spiro atoms. The number of nitrogens with two attached hydrogens (primary N) is 1. The van der Waals surface area contributed by atoms with Gasteiger partial charge in [0.1, 0.15) is 5.15 Å². The number of pyridine rings is 1. The number of rotatable bonds is 5. The van der Waals surface area contributed by atoms with Crippen molar-refractivity contribution in [2.24, 2.45) is 5.73 Å². The number of hydrogen-bond acceptors (Lipinski definition) is 3. The molecule has 4 heteroatoms. The van der Waals surface area contributed by atoms with Gasteiger partial charge in [-0.15, -0.1) is 0 Å². The molecule has 1 aromatic rings. The van der Waals surface area contributed by atoms with Gasteiger partial charge < -0.3 is 10.6 Å². The van der Waals surface area contributed by atoms with Gasteiger partial charge in [0.25, 0.3) is 0 Å². The van der Waals surface area contributed by atoms with E-state index in [2.05, 4.69) is 16.9 Å². The Balaban J connectivity index is 2.39. The summed E-state index contributed by atoms with van der Waals surface area (Å²) in [7, 11) is 2.07. The summed E-state index contributed by atoms with van der Waals surface area (Å²) in [6, 6.07) is 3.81. The van der Waals surface area contributed by atoms with Crippen LogP contribution in [0.4, 0.5) is 0 Å². The van der Waals surface area contributed by atoms with Crippen LogP contribution in [0, 0.1) is 0 Å². The van der Waals surface area contributed by atoms with Gasteiger partial charge in [-0.3, -0.25) is 0 Å². The average Bonchev–Trinajstić information content (AvgIpc) is 2.18. The number of hydrogen-bond donors (Lipinski definition) is 1. The average molecular weight is 214 g/mol. The van der Waals surface area contributed by atoms with Crippen molar-refractivity contribution in [1.29, 1.82) is 0 Å². The highest BCUT2D eigenvalue weighted by molar-refractivity contribution is 6.29. The van der Waals surface area contributed by atoms with Crippen LogP contribution in [0.3, 0.4) is 0 Å². The standard InChI is InChI=1S/C10H16ClN3/c1-14(6-2-5-12)8-9-3-4-10(11)13-7-9/h3-4,7H,2,5-6,8,12H2,1H3. The first-order valence-electron chi connectivity index (χ1n) is 4.71. The quantitative estimate of drug-likeness (QED) is 0.755. The second-order valence-corrected chi connectivity index (χ2v) is 3.76. The lowest BCUT2D eigenvalue weighted by Crippen LogP contribution is -2.21. The molecule has 0 amide bonds. The third kappa shape index (κ3) is 4.05. The van der Waals surface area contributed by atoms with Crippen LogP contribution in [0.1, 0.15) is 12.0 Å². The summed E-state index contributed by atoms with van der Waals surface area (Å²) in [5, 5.41) is 0.540. The van der Waals surface area contributed by atoms with Crippen LogP contribution < -0.4 is 5.73 Å². The SMILES string of the molecule is CN(CCCN)Cc1ccc(Cl)nc1. The van der Waals surface area contributed by atoms with E-state index < -0.39 is 0 Å². The maximum absolute atomic E-state index is 5.69. The first-order chi connectivity index (χ1) is 6.72. The molecule has 0 radical (unpaired) electrons. The Bertz CT molecular complexity index is 261. The monoisotopic (exact) mass is 213 g/mol. The molecular weight excluding hydrogens is 198 g/mol. The number of halogens is 1. The molecule has 0 aliphatic heterocycles. The predicted molar refractivity (Wildman–Crippen MR) is 59.3 cm³/mol. The zero-order valence-electron chi connectivity index (χ0n) is 8.41. The van der Waals surface area contributed by atoms with Crippen molar-refractivity contribution in [2.75, 3.05) is 20.1 Å². The zero-order valence-corrected chi connectivity index (χ0v) is 9.17. The van der Waals surface area contributed by atoms with Crippen LogP contribution in [0.5, 0.6) is 0 Å². The van der Waals surface area contributed by atoms with Crippen molar-refractivity contribution in [3.05, 3.63) is 29.0 Å². The maximum Gasteiger partial charge on any atom is 0.129 e. The molecule has 78 valence electrons. The first kappa shape index (κ1) is 11.4. The van der Waals surface area contributed by atoms with Crippen molar-refractivity contribution >= 4 is 11.6 Å². The molecule has 0 fully saturated rings. The lowest BCUT2D eigenvalue weighted by molar-refractivity contribution is 0.324. The second-order valence-electron chi connectivity index (χ2n) is 3.37. The molecule has 2 N–H and O–H groups in total. The Morgan fingerprint density at radius 2 is 2.29 bits per heavy atom. The summed E-state index contributed by atoms with van der Waals surface area (Å²) in [5.41, 5.74) is 6.61. The van der Waals surface area contributed by atoms with Crippen molar-refractivity contribution < 1.29 is 0 Å². The Morgan fingerprint density at radius 3 is 2.86 bits per heavy atom. The van der Waals surface area contributed by atoms with Crippen molar-refractivity contribution in [2.45, 2.75) is 13.0 Å². The lowest BCUT2D eigenvalue weighted by atomic mass is 10.2. The van der Waals surface area contributed by atoms with Gasteiger partial charge in [-0.2, -0.15) is 0 Å². The van der Waals surface area contributed by atoms with Gasteiger partial charge in [-0.05, 0) is 38.2 Å². The van der Waals surface area contributed by atoms with E-state index in [9.17, 15) is 0 Å². The third-order valence-electron chi connectivity index (χ3n) is 1.99. The van der Waals surface area contributed by atoms with Crippen LogP contribution in [0.2, 0.25) is 5.15 Å².